The van der Waals surface area contributed by atoms with Gasteiger partial charge >= 0.3 is 10.1 Å². The van der Waals surface area contributed by atoms with Gasteiger partial charge in [-0.25, -0.2) is 0 Å². The molecule has 0 bridgehead atoms. The van der Waals surface area contributed by atoms with Gasteiger partial charge in [0.15, 0.2) is 0 Å². The standard InChI is InChI=1S/C21H21NO3S/c1-15-10-11-21(18-8-4-3-7-17(15)18)26(23,24)25-20-9-5-6-16-12-13-22(2)14-19(16)20/h3-11H,12-14H2,1-2H3. The lowest BCUT2D eigenvalue weighted by Gasteiger charge is -2.26. The molecule has 1 heterocycles. The molecule has 0 unspecified atom stereocenters. The highest BCUT2D eigenvalue weighted by Crippen LogP contribution is 2.32. The Morgan fingerprint density at radius 1 is 0.962 bits per heavy atom. The molecule has 0 N–H and O–H groups in total. The Bertz CT molecular complexity index is 1090. The molecule has 0 amide bonds. The fourth-order valence-corrected chi connectivity index (χ4v) is 4.73. The molecule has 5 heteroatoms. The second-order valence-electron chi connectivity index (χ2n) is 6.85. The normalized spacial score (nSPS) is 15.0. The zero-order chi connectivity index (χ0) is 18.3. The zero-order valence-corrected chi connectivity index (χ0v) is 15.7. The summed E-state index contributed by atoms with van der Waals surface area (Å²) in [5.74, 6) is 0.429. The van der Waals surface area contributed by atoms with Crippen molar-refractivity contribution >= 4 is 20.9 Å². The molecule has 0 saturated carbocycles. The lowest BCUT2D eigenvalue weighted by molar-refractivity contribution is 0.308. The predicted molar refractivity (Wildman–Crippen MR) is 103 cm³/mol. The molecule has 4 nitrogen and oxygen atoms in total. The van der Waals surface area contributed by atoms with E-state index in [4.69, 9.17) is 4.18 Å². The Balaban J connectivity index is 1.80. The Kier molecular flexibility index (Phi) is 4.21. The first-order valence-corrected chi connectivity index (χ1v) is 10.1. The third-order valence-corrected chi connectivity index (χ3v) is 6.29. The van der Waals surface area contributed by atoms with Crippen molar-refractivity contribution in [2.24, 2.45) is 0 Å². The molecule has 0 aliphatic carbocycles. The molecule has 134 valence electrons. The number of aryl methyl sites for hydroxylation is 1. The molecule has 0 radical (unpaired) electrons. The summed E-state index contributed by atoms with van der Waals surface area (Å²) in [6, 6.07) is 16.6. The van der Waals surface area contributed by atoms with E-state index in [1.165, 1.54) is 0 Å². The van der Waals surface area contributed by atoms with Crippen molar-refractivity contribution < 1.29 is 12.6 Å². The average molecular weight is 367 g/mol. The van der Waals surface area contributed by atoms with Gasteiger partial charge in [0.25, 0.3) is 0 Å². The van der Waals surface area contributed by atoms with Crippen LogP contribution in [0.25, 0.3) is 10.8 Å². The van der Waals surface area contributed by atoms with Gasteiger partial charge in [-0.05, 0) is 49.0 Å². The Labute approximate surface area is 154 Å². The molecule has 0 atom stereocenters. The zero-order valence-electron chi connectivity index (χ0n) is 14.9. The quantitative estimate of drug-likeness (QED) is 0.659. The van der Waals surface area contributed by atoms with Crippen molar-refractivity contribution in [1.29, 1.82) is 0 Å². The second kappa shape index (κ2) is 6.41. The monoisotopic (exact) mass is 367 g/mol. The highest BCUT2D eigenvalue weighted by molar-refractivity contribution is 7.87. The largest absolute Gasteiger partial charge is 0.379 e. The van der Waals surface area contributed by atoms with E-state index < -0.39 is 10.1 Å². The van der Waals surface area contributed by atoms with Crippen molar-refractivity contribution in [3.05, 3.63) is 71.3 Å². The molecule has 1 aliphatic rings. The van der Waals surface area contributed by atoms with E-state index in [2.05, 4.69) is 4.90 Å². The number of benzene rings is 3. The third-order valence-electron chi connectivity index (χ3n) is 4.99. The summed E-state index contributed by atoms with van der Waals surface area (Å²) in [4.78, 5) is 2.38. The fourth-order valence-electron chi connectivity index (χ4n) is 3.57. The van der Waals surface area contributed by atoms with Crippen LogP contribution in [-0.4, -0.2) is 26.9 Å². The maximum Gasteiger partial charge on any atom is 0.339 e. The van der Waals surface area contributed by atoms with Crippen LogP contribution in [0.15, 0.2) is 59.5 Å². The van der Waals surface area contributed by atoms with Crippen LogP contribution in [-0.2, 0) is 23.1 Å². The Morgan fingerprint density at radius 2 is 1.73 bits per heavy atom. The van der Waals surface area contributed by atoms with E-state index in [-0.39, 0.29) is 4.90 Å². The van der Waals surface area contributed by atoms with Crippen molar-refractivity contribution in [3.8, 4) is 5.75 Å². The van der Waals surface area contributed by atoms with Gasteiger partial charge in [0.05, 0.1) is 0 Å². The molecule has 0 saturated heterocycles. The topological polar surface area (TPSA) is 46.6 Å². The van der Waals surface area contributed by atoms with Crippen molar-refractivity contribution in [2.45, 2.75) is 24.8 Å². The van der Waals surface area contributed by atoms with Gasteiger partial charge < -0.3 is 9.08 Å². The summed E-state index contributed by atoms with van der Waals surface area (Å²) in [6.45, 7) is 3.63. The summed E-state index contributed by atoms with van der Waals surface area (Å²) in [6.07, 6.45) is 0.899. The molecule has 4 rings (SSSR count). The summed E-state index contributed by atoms with van der Waals surface area (Å²) in [5, 5.41) is 1.61. The van der Waals surface area contributed by atoms with Crippen LogP contribution in [0.1, 0.15) is 16.7 Å². The number of nitrogens with zero attached hydrogens (tertiary/aromatic N) is 1. The average Bonchev–Trinajstić information content (AvgIpc) is 2.62. The number of hydrogen-bond acceptors (Lipinski definition) is 4. The highest BCUT2D eigenvalue weighted by Gasteiger charge is 2.24. The minimum absolute atomic E-state index is 0.209. The first kappa shape index (κ1) is 17.1. The Hall–Kier alpha value is -2.37. The predicted octanol–water partition coefficient (Wildman–Crippen LogP) is 3.90. The fraction of sp³-hybridized carbons (Fsp3) is 0.238. The highest BCUT2D eigenvalue weighted by atomic mass is 32.2. The van der Waals surface area contributed by atoms with Gasteiger partial charge in [-0.3, -0.25) is 0 Å². The van der Waals surface area contributed by atoms with Crippen LogP contribution in [0.5, 0.6) is 5.75 Å². The number of rotatable bonds is 3. The Morgan fingerprint density at radius 3 is 2.54 bits per heavy atom. The second-order valence-corrected chi connectivity index (χ2v) is 8.36. The molecule has 26 heavy (non-hydrogen) atoms. The maximum absolute atomic E-state index is 13.1. The third kappa shape index (κ3) is 2.97. The van der Waals surface area contributed by atoms with E-state index in [0.29, 0.717) is 17.7 Å². The van der Waals surface area contributed by atoms with Gasteiger partial charge in [0, 0.05) is 24.0 Å². The molecule has 3 aromatic rings. The lowest BCUT2D eigenvalue weighted by Crippen LogP contribution is -2.27. The van der Waals surface area contributed by atoms with Crippen LogP contribution < -0.4 is 4.18 Å². The summed E-state index contributed by atoms with van der Waals surface area (Å²) >= 11 is 0. The van der Waals surface area contributed by atoms with Gasteiger partial charge in [0.1, 0.15) is 10.6 Å². The molecule has 3 aromatic carbocycles. The SMILES string of the molecule is Cc1ccc(S(=O)(=O)Oc2cccc3c2CN(C)CC3)c2ccccc12. The molecular formula is C21H21NO3S. The molecule has 0 spiro atoms. The first-order valence-electron chi connectivity index (χ1n) is 8.68. The molecule has 1 aliphatic heterocycles. The van der Waals surface area contributed by atoms with E-state index in [9.17, 15) is 8.42 Å². The maximum atomic E-state index is 13.1. The molecule has 0 fully saturated rings. The molecule has 0 aromatic heterocycles. The first-order chi connectivity index (χ1) is 12.5. The van der Waals surface area contributed by atoms with Gasteiger partial charge in [0.2, 0.25) is 0 Å². The van der Waals surface area contributed by atoms with Gasteiger partial charge in [-0.15, -0.1) is 0 Å². The molecular weight excluding hydrogens is 346 g/mol. The lowest BCUT2D eigenvalue weighted by atomic mass is 9.99. The van der Waals surface area contributed by atoms with Gasteiger partial charge in [-0.2, -0.15) is 8.42 Å². The minimum atomic E-state index is -3.93. The van der Waals surface area contributed by atoms with E-state index in [1.807, 2.05) is 56.4 Å². The van der Waals surface area contributed by atoms with E-state index >= 15 is 0 Å². The van der Waals surface area contributed by atoms with Crippen molar-refractivity contribution in [2.75, 3.05) is 13.6 Å². The van der Waals surface area contributed by atoms with Crippen LogP contribution in [0, 0.1) is 6.92 Å². The van der Waals surface area contributed by atoms with Crippen LogP contribution in [0.4, 0.5) is 0 Å². The van der Waals surface area contributed by atoms with Crippen LogP contribution >= 0.6 is 0 Å². The summed E-state index contributed by atoms with van der Waals surface area (Å²) in [5.41, 5.74) is 3.16. The van der Waals surface area contributed by atoms with Gasteiger partial charge in [-0.1, -0.05) is 42.5 Å². The van der Waals surface area contributed by atoms with E-state index in [0.717, 1.165) is 35.0 Å². The minimum Gasteiger partial charge on any atom is -0.379 e. The number of fused-ring (bicyclic) bond motifs is 2. The van der Waals surface area contributed by atoms with Crippen molar-refractivity contribution in [3.63, 3.8) is 0 Å². The smallest absolute Gasteiger partial charge is 0.339 e. The number of likely N-dealkylation sites (N-methyl/N-ethyl adjacent to an activating group) is 1. The summed E-state index contributed by atoms with van der Waals surface area (Å²) < 4.78 is 31.7. The van der Waals surface area contributed by atoms with Crippen LogP contribution in [0.3, 0.4) is 0 Å². The van der Waals surface area contributed by atoms with E-state index in [1.54, 1.807) is 12.1 Å². The van der Waals surface area contributed by atoms with Crippen molar-refractivity contribution in [1.82, 2.24) is 4.90 Å². The summed E-state index contributed by atoms with van der Waals surface area (Å²) in [7, 11) is -1.90. The number of hydrogen-bond donors (Lipinski definition) is 0. The van der Waals surface area contributed by atoms with Crippen LogP contribution in [0.2, 0.25) is 0 Å².